The van der Waals surface area contributed by atoms with Gasteiger partial charge in [-0.25, -0.2) is 4.39 Å². The smallest absolute Gasteiger partial charge is 0.311 e. The van der Waals surface area contributed by atoms with Crippen LogP contribution in [0.25, 0.3) is 0 Å². The van der Waals surface area contributed by atoms with E-state index in [9.17, 15) is 19.3 Å². The van der Waals surface area contributed by atoms with Crippen molar-refractivity contribution in [3.63, 3.8) is 0 Å². The number of carbonyl (C=O) groups excluding carboxylic acids is 1. The van der Waals surface area contributed by atoms with Crippen molar-refractivity contribution in [2.75, 3.05) is 13.7 Å². The van der Waals surface area contributed by atoms with Gasteiger partial charge in [-0.15, -0.1) is 0 Å². The lowest BCUT2D eigenvalue weighted by atomic mass is 10.1. The number of nitro groups is 1. The first-order valence-electron chi connectivity index (χ1n) is 6.67. The molecule has 2 aromatic carbocycles. The fourth-order valence-electron chi connectivity index (χ4n) is 2.01. The molecule has 2 aromatic rings. The van der Waals surface area contributed by atoms with Gasteiger partial charge in [0.25, 0.3) is 0 Å². The molecular weight excluding hydrogens is 305 g/mol. The molecule has 0 heterocycles. The van der Waals surface area contributed by atoms with Crippen molar-refractivity contribution >= 4 is 11.5 Å². The molecule has 0 aliphatic carbocycles. The van der Waals surface area contributed by atoms with Crippen molar-refractivity contribution in [3.05, 3.63) is 63.5 Å². The van der Waals surface area contributed by atoms with Crippen LogP contribution in [0.5, 0.6) is 11.5 Å². The van der Waals surface area contributed by atoms with Gasteiger partial charge in [-0.3, -0.25) is 14.9 Å². The molecule has 0 aromatic heterocycles. The Kier molecular flexibility index (Phi) is 4.90. The van der Waals surface area contributed by atoms with E-state index >= 15 is 0 Å². The van der Waals surface area contributed by atoms with Gasteiger partial charge < -0.3 is 9.47 Å². The average molecular weight is 319 g/mol. The van der Waals surface area contributed by atoms with E-state index in [1.165, 1.54) is 31.4 Å². The molecule has 0 bridgehead atoms. The van der Waals surface area contributed by atoms with Gasteiger partial charge in [0.05, 0.1) is 17.6 Å². The molecule has 0 saturated heterocycles. The lowest BCUT2D eigenvalue weighted by Crippen LogP contribution is -2.13. The van der Waals surface area contributed by atoms with Crippen LogP contribution in [0, 0.1) is 22.9 Å². The minimum absolute atomic E-state index is 0.0160. The highest BCUT2D eigenvalue weighted by Crippen LogP contribution is 2.28. The summed E-state index contributed by atoms with van der Waals surface area (Å²) in [4.78, 5) is 22.6. The summed E-state index contributed by atoms with van der Waals surface area (Å²) in [5.74, 6) is -0.950. The number of halogens is 1. The molecule has 0 saturated carbocycles. The van der Waals surface area contributed by atoms with E-state index in [1.54, 1.807) is 13.0 Å². The third-order valence-electron chi connectivity index (χ3n) is 3.13. The van der Waals surface area contributed by atoms with E-state index in [4.69, 9.17) is 9.47 Å². The van der Waals surface area contributed by atoms with Crippen LogP contribution in [-0.4, -0.2) is 24.4 Å². The molecule has 0 unspecified atom stereocenters. The molecule has 120 valence electrons. The maximum atomic E-state index is 13.3. The van der Waals surface area contributed by atoms with Crippen LogP contribution in [0.15, 0.2) is 36.4 Å². The molecule has 6 nitrogen and oxygen atoms in total. The Balaban J connectivity index is 2.20. The number of ether oxygens (including phenoxy) is 2. The quantitative estimate of drug-likeness (QED) is 0.463. The normalized spacial score (nSPS) is 10.2. The summed E-state index contributed by atoms with van der Waals surface area (Å²) in [5, 5.41) is 11.0. The van der Waals surface area contributed by atoms with Crippen LogP contribution in [0.4, 0.5) is 10.1 Å². The number of benzene rings is 2. The largest absolute Gasteiger partial charge is 0.496 e. The van der Waals surface area contributed by atoms with Crippen molar-refractivity contribution in [2.24, 2.45) is 0 Å². The second-order valence-electron chi connectivity index (χ2n) is 4.78. The highest BCUT2D eigenvalue weighted by Gasteiger charge is 2.18. The van der Waals surface area contributed by atoms with E-state index in [-0.39, 0.29) is 22.7 Å². The summed E-state index contributed by atoms with van der Waals surface area (Å²) >= 11 is 0. The van der Waals surface area contributed by atoms with E-state index in [0.717, 1.165) is 6.07 Å². The van der Waals surface area contributed by atoms with E-state index < -0.39 is 23.1 Å². The highest BCUT2D eigenvalue weighted by molar-refractivity contribution is 5.99. The second kappa shape index (κ2) is 6.87. The monoisotopic (exact) mass is 319 g/mol. The van der Waals surface area contributed by atoms with Crippen molar-refractivity contribution in [2.45, 2.75) is 6.92 Å². The van der Waals surface area contributed by atoms with Crippen molar-refractivity contribution in [1.29, 1.82) is 0 Å². The van der Waals surface area contributed by atoms with Gasteiger partial charge in [-0.1, -0.05) is 6.07 Å². The van der Waals surface area contributed by atoms with Gasteiger partial charge in [0.1, 0.15) is 11.6 Å². The Labute approximate surface area is 131 Å². The Morgan fingerprint density at radius 3 is 2.57 bits per heavy atom. The molecule has 2 rings (SSSR count). The number of nitro benzene ring substituents is 1. The zero-order valence-electron chi connectivity index (χ0n) is 12.5. The van der Waals surface area contributed by atoms with Crippen LogP contribution >= 0.6 is 0 Å². The summed E-state index contributed by atoms with van der Waals surface area (Å²) < 4.78 is 23.5. The first kappa shape index (κ1) is 16.4. The van der Waals surface area contributed by atoms with Crippen LogP contribution < -0.4 is 9.47 Å². The molecular formula is C16H14FNO5. The lowest BCUT2D eigenvalue weighted by molar-refractivity contribution is -0.385. The Morgan fingerprint density at radius 2 is 1.91 bits per heavy atom. The maximum absolute atomic E-state index is 13.3. The number of rotatable bonds is 6. The summed E-state index contributed by atoms with van der Waals surface area (Å²) in [5.41, 5.74) is 0.480. The minimum Gasteiger partial charge on any atom is -0.496 e. The SMILES string of the molecule is COc1ccc(F)cc1C(=O)COc1ccc(C)cc1[N+](=O)[O-]. The Bertz CT molecular complexity index is 760. The molecule has 0 spiro atoms. The number of aryl methyl sites for hydroxylation is 1. The molecule has 0 aliphatic heterocycles. The van der Waals surface area contributed by atoms with Crippen molar-refractivity contribution in [3.8, 4) is 11.5 Å². The van der Waals surface area contributed by atoms with Crippen LogP contribution in [-0.2, 0) is 0 Å². The predicted octanol–water partition coefficient (Wildman–Crippen LogP) is 3.31. The van der Waals surface area contributed by atoms with Gasteiger partial charge in [0, 0.05) is 6.07 Å². The number of hydrogen-bond donors (Lipinski definition) is 0. The summed E-state index contributed by atoms with van der Waals surface area (Å²) in [7, 11) is 1.36. The molecule has 0 fully saturated rings. The fourth-order valence-corrected chi connectivity index (χ4v) is 2.01. The van der Waals surface area contributed by atoms with Gasteiger partial charge in [0.2, 0.25) is 5.78 Å². The van der Waals surface area contributed by atoms with E-state index in [1.807, 2.05) is 0 Å². The first-order valence-corrected chi connectivity index (χ1v) is 6.67. The molecule has 0 aliphatic rings. The summed E-state index contributed by atoms with van der Waals surface area (Å²) in [6.07, 6.45) is 0. The highest BCUT2D eigenvalue weighted by atomic mass is 19.1. The predicted molar refractivity (Wildman–Crippen MR) is 80.6 cm³/mol. The number of nitrogens with zero attached hydrogens (tertiary/aromatic N) is 1. The van der Waals surface area contributed by atoms with E-state index in [0.29, 0.717) is 5.56 Å². The molecule has 0 radical (unpaired) electrons. The number of ketones is 1. The third-order valence-corrected chi connectivity index (χ3v) is 3.13. The van der Waals surface area contributed by atoms with E-state index in [2.05, 4.69) is 0 Å². The van der Waals surface area contributed by atoms with Crippen LogP contribution in [0.3, 0.4) is 0 Å². The molecule has 0 N–H and O–H groups in total. The van der Waals surface area contributed by atoms with Crippen molar-refractivity contribution in [1.82, 2.24) is 0 Å². The zero-order valence-corrected chi connectivity index (χ0v) is 12.5. The minimum atomic E-state index is -0.588. The standard InChI is InChI=1S/C16H14FNO5/c1-10-3-5-16(13(7-10)18(20)21)23-9-14(19)12-8-11(17)4-6-15(12)22-2/h3-8H,9H2,1-2H3. The van der Waals surface area contributed by atoms with Gasteiger partial charge in [-0.05, 0) is 36.8 Å². The average Bonchev–Trinajstić information content (AvgIpc) is 2.53. The first-order chi connectivity index (χ1) is 10.9. The molecule has 7 heteroatoms. The fraction of sp³-hybridized carbons (Fsp3) is 0.188. The zero-order chi connectivity index (χ0) is 17.0. The van der Waals surface area contributed by atoms with Gasteiger partial charge in [0.15, 0.2) is 12.4 Å². The lowest BCUT2D eigenvalue weighted by Gasteiger charge is -2.09. The molecule has 0 amide bonds. The number of hydrogen-bond acceptors (Lipinski definition) is 5. The van der Waals surface area contributed by atoms with Crippen LogP contribution in [0.1, 0.15) is 15.9 Å². The summed E-state index contributed by atoms with van der Waals surface area (Å²) in [6.45, 7) is 1.24. The number of Topliss-reactive ketones (excluding diaryl/α,β-unsaturated/α-hetero) is 1. The number of methoxy groups -OCH3 is 1. The Morgan fingerprint density at radius 1 is 1.22 bits per heavy atom. The van der Waals surface area contributed by atoms with Crippen molar-refractivity contribution < 1.29 is 23.6 Å². The van der Waals surface area contributed by atoms with Gasteiger partial charge >= 0.3 is 5.69 Å². The third kappa shape index (κ3) is 3.82. The number of carbonyl (C=O) groups is 1. The Hall–Kier alpha value is -2.96. The van der Waals surface area contributed by atoms with Gasteiger partial charge in [-0.2, -0.15) is 0 Å². The molecule has 0 atom stereocenters. The maximum Gasteiger partial charge on any atom is 0.311 e. The topological polar surface area (TPSA) is 78.7 Å². The molecule has 23 heavy (non-hydrogen) atoms. The van der Waals surface area contributed by atoms with Crippen LogP contribution in [0.2, 0.25) is 0 Å². The second-order valence-corrected chi connectivity index (χ2v) is 4.78. The summed E-state index contributed by atoms with van der Waals surface area (Å²) in [6, 6.07) is 7.94.